The zero-order valence-electron chi connectivity index (χ0n) is 14.6. The Morgan fingerprint density at radius 1 is 1.35 bits per heavy atom. The van der Waals surface area contributed by atoms with Crippen LogP contribution in [0, 0.1) is 0 Å². The molecule has 0 aliphatic carbocycles. The fraction of sp³-hybridized carbons (Fsp3) is 0.474. The molecule has 1 aromatic rings. The van der Waals surface area contributed by atoms with Gasteiger partial charge in [0.15, 0.2) is 0 Å². The van der Waals surface area contributed by atoms with Crippen molar-refractivity contribution < 1.29 is 19.8 Å². The summed E-state index contributed by atoms with van der Waals surface area (Å²) in [5, 5.41) is 18.9. The smallest absolute Gasteiger partial charge is 0.303 e. The van der Waals surface area contributed by atoms with Crippen molar-refractivity contribution in [2.75, 3.05) is 23.8 Å². The zero-order valence-corrected chi connectivity index (χ0v) is 16.3. The van der Waals surface area contributed by atoms with Crippen LogP contribution in [0.25, 0.3) is 0 Å². The number of aliphatic hydroxyl groups is 1. The molecular weight excluding hydrogens is 370 g/mol. The second-order valence-electron chi connectivity index (χ2n) is 6.09. The molecule has 5 nitrogen and oxygen atoms in total. The Kier molecular flexibility index (Phi) is 9.08. The molecule has 142 valence electrons. The number of hydrogen-bond donors (Lipinski definition) is 2. The van der Waals surface area contributed by atoms with Crippen molar-refractivity contribution in [3.8, 4) is 0 Å². The molecule has 26 heavy (non-hydrogen) atoms. The fourth-order valence-electron chi connectivity index (χ4n) is 2.65. The van der Waals surface area contributed by atoms with Crippen molar-refractivity contribution in [3.05, 3.63) is 48.0 Å². The summed E-state index contributed by atoms with van der Waals surface area (Å²) < 4.78 is 0. The molecule has 1 aromatic carbocycles. The van der Waals surface area contributed by atoms with Crippen LogP contribution in [0.4, 0.5) is 4.79 Å². The van der Waals surface area contributed by atoms with Crippen LogP contribution in [-0.4, -0.2) is 62.3 Å². The predicted octanol–water partition coefficient (Wildman–Crippen LogP) is 3.28. The van der Waals surface area contributed by atoms with Crippen LogP contribution in [0.2, 0.25) is 0 Å². The Balaban J connectivity index is 1.74. The van der Waals surface area contributed by atoms with Gasteiger partial charge in [-0.3, -0.25) is 9.59 Å². The van der Waals surface area contributed by atoms with Crippen molar-refractivity contribution in [2.45, 2.75) is 31.4 Å². The Hall–Kier alpha value is -1.44. The van der Waals surface area contributed by atoms with Crippen LogP contribution in [0.5, 0.6) is 0 Å². The number of carbonyl (C=O) groups is 2. The van der Waals surface area contributed by atoms with E-state index in [1.807, 2.05) is 41.3 Å². The molecule has 2 atom stereocenters. The first-order valence-electron chi connectivity index (χ1n) is 8.69. The molecule has 1 amide bonds. The second-order valence-corrected chi connectivity index (χ2v) is 8.29. The van der Waals surface area contributed by atoms with E-state index in [1.54, 1.807) is 17.8 Å². The van der Waals surface area contributed by atoms with Gasteiger partial charge in [0.25, 0.3) is 5.24 Å². The van der Waals surface area contributed by atoms with Gasteiger partial charge in [0.05, 0.1) is 12.1 Å². The number of rotatable bonds is 11. The first-order valence-corrected chi connectivity index (χ1v) is 10.8. The fourth-order valence-corrected chi connectivity index (χ4v) is 4.53. The summed E-state index contributed by atoms with van der Waals surface area (Å²) in [5.41, 5.74) is 1.08. The van der Waals surface area contributed by atoms with Crippen molar-refractivity contribution in [2.24, 2.45) is 0 Å². The van der Waals surface area contributed by atoms with Gasteiger partial charge in [0, 0.05) is 30.9 Å². The van der Waals surface area contributed by atoms with Gasteiger partial charge in [-0.05, 0) is 17.7 Å². The van der Waals surface area contributed by atoms with Gasteiger partial charge < -0.3 is 15.1 Å². The predicted molar refractivity (Wildman–Crippen MR) is 108 cm³/mol. The quantitative estimate of drug-likeness (QED) is 0.442. The SMILES string of the molecule is O=C(O)CCCSCCN1C(=O)SCC1C=CC(O)Cc1ccccc1. The number of hydrogen-bond acceptors (Lipinski definition) is 5. The Labute approximate surface area is 162 Å². The number of aliphatic hydroxyl groups excluding tert-OH is 1. The maximum Gasteiger partial charge on any atom is 0.303 e. The van der Waals surface area contributed by atoms with E-state index in [-0.39, 0.29) is 17.7 Å². The van der Waals surface area contributed by atoms with Crippen molar-refractivity contribution in [1.29, 1.82) is 0 Å². The highest BCUT2D eigenvalue weighted by Crippen LogP contribution is 2.25. The van der Waals surface area contributed by atoms with Crippen LogP contribution in [0.15, 0.2) is 42.5 Å². The van der Waals surface area contributed by atoms with Crippen molar-refractivity contribution in [3.63, 3.8) is 0 Å². The van der Waals surface area contributed by atoms with Gasteiger partial charge in [-0.1, -0.05) is 54.2 Å². The summed E-state index contributed by atoms with van der Waals surface area (Å²) in [5.74, 6) is 1.52. The molecule has 1 saturated heterocycles. The lowest BCUT2D eigenvalue weighted by Crippen LogP contribution is -2.34. The Morgan fingerprint density at radius 2 is 2.12 bits per heavy atom. The number of benzene rings is 1. The zero-order chi connectivity index (χ0) is 18.8. The number of nitrogens with zero attached hydrogens (tertiary/aromatic N) is 1. The van der Waals surface area contributed by atoms with Gasteiger partial charge in [-0.25, -0.2) is 0 Å². The molecule has 1 heterocycles. The summed E-state index contributed by atoms with van der Waals surface area (Å²) in [4.78, 5) is 24.3. The summed E-state index contributed by atoms with van der Waals surface area (Å²) >= 11 is 2.98. The van der Waals surface area contributed by atoms with Crippen LogP contribution >= 0.6 is 23.5 Å². The highest BCUT2D eigenvalue weighted by molar-refractivity contribution is 8.13. The molecule has 0 radical (unpaired) electrons. The Morgan fingerprint density at radius 3 is 2.85 bits per heavy atom. The third-order valence-electron chi connectivity index (χ3n) is 4.01. The summed E-state index contributed by atoms with van der Waals surface area (Å²) in [6, 6.07) is 9.84. The number of carbonyl (C=O) groups excluding carboxylic acids is 1. The van der Waals surface area contributed by atoms with Crippen LogP contribution < -0.4 is 0 Å². The van der Waals surface area contributed by atoms with E-state index < -0.39 is 12.1 Å². The normalized spacial score (nSPS) is 18.6. The van der Waals surface area contributed by atoms with Gasteiger partial charge in [0.2, 0.25) is 0 Å². The molecule has 0 spiro atoms. The van der Waals surface area contributed by atoms with E-state index in [2.05, 4.69) is 0 Å². The molecule has 7 heteroatoms. The summed E-state index contributed by atoms with van der Waals surface area (Å²) in [7, 11) is 0. The Bertz CT molecular complexity index is 609. The van der Waals surface area contributed by atoms with E-state index in [0.717, 1.165) is 17.1 Å². The lowest BCUT2D eigenvalue weighted by atomic mass is 10.1. The molecule has 1 aliphatic rings. The number of aliphatic carboxylic acids is 1. The summed E-state index contributed by atoms with van der Waals surface area (Å²) in [6.07, 6.45) is 4.55. The first kappa shape index (κ1) is 20.9. The number of thioether (sulfide) groups is 2. The third kappa shape index (κ3) is 7.43. The van der Waals surface area contributed by atoms with E-state index in [4.69, 9.17) is 5.11 Å². The van der Waals surface area contributed by atoms with Crippen LogP contribution in [0.1, 0.15) is 18.4 Å². The summed E-state index contributed by atoms with van der Waals surface area (Å²) in [6.45, 7) is 0.646. The highest BCUT2D eigenvalue weighted by Gasteiger charge is 2.29. The topological polar surface area (TPSA) is 77.8 Å². The standard InChI is InChI=1S/C19H25NO4S2/c21-17(13-15-5-2-1-3-6-15)9-8-16-14-26-19(24)20(16)10-12-25-11-4-7-18(22)23/h1-3,5-6,8-9,16-17,21H,4,7,10-14H2,(H,22,23). The molecule has 0 saturated carbocycles. The lowest BCUT2D eigenvalue weighted by Gasteiger charge is -2.21. The molecule has 0 aromatic heterocycles. The molecule has 2 unspecified atom stereocenters. The number of carboxylic acid groups (broad SMARTS) is 1. The van der Waals surface area contributed by atoms with Crippen LogP contribution in [-0.2, 0) is 11.2 Å². The molecule has 2 rings (SSSR count). The number of carboxylic acids is 1. The monoisotopic (exact) mass is 395 g/mol. The van der Waals surface area contributed by atoms with Gasteiger partial charge in [0.1, 0.15) is 0 Å². The molecule has 2 N–H and O–H groups in total. The molecule has 1 fully saturated rings. The van der Waals surface area contributed by atoms with Gasteiger partial charge in [-0.15, -0.1) is 0 Å². The minimum absolute atomic E-state index is 0.0116. The third-order valence-corrected chi connectivity index (χ3v) is 6.05. The minimum Gasteiger partial charge on any atom is -0.481 e. The molecule has 0 bridgehead atoms. The minimum atomic E-state index is -0.768. The molecular formula is C19H25NO4S2. The maximum absolute atomic E-state index is 12.0. The number of amides is 1. The largest absolute Gasteiger partial charge is 0.481 e. The van der Waals surface area contributed by atoms with Gasteiger partial charge >= 0.3 is 5.97 Å². The van der Waals surface area contributed by atoms with Crippen molar-refractivity contribution in [1.82, 2.24) is 4.90 Å². The van der Waals surface area contributed by atoms with Crippen molar-refractivity contribution >= 4 is 34.7 Å². The average Bonchev–Trinajstić information content (AvgIpc) is 2.97. The molecule has 1 aliphatic heterocycles. The van der Waals surface area contributed by atoms with E-state index in [9.17, 15) is 14.7 Å². The maximum atomic E-state index is 12.0. The van der Waals surface area contributed by atoms with E-state index in [1.165, 1.54) is 11.8 Å². The second kappa shape index (κ2) is 11.3. The van der Waals surface area contributed by atoms with Crippen LogP contribution in [0.3, 0.4) is 0 Å². The first-order chi connectivity index (χ1) is 12.6. The average molecular weight is 396 g/mol. The lowest BCUT2D eigenvalue weighted by molar-refractivity contribution is -0.137. The van der Waals surface area contributed by atoms with E-state index >= 15 is 0 Å². The highest BCUT2D eigenvalue weighted by atomic mass is 32.2. The van der Waals surface area contributed by atoms with E-state index in [0.29, 0.717) is 25.1 Å². The van der Waals surface area contributed by atoms with Gasteiger partial charge in [-0.2, -0.15) is 11.8 Å².